The average molecular weight is 219 g/mol. The van der Waals surface area contributed by atoms with Crippen molar-refractivity contribution in [3.05, 3.63) is 35.9 Å². The second-order valence-electron chi connectivity index (χ2n) is 5.46. The van der Waals surface area contributed by atoms with Gasteiger partial charge in [0.05, 0.1) is 5.60 Å². The van der Waals surface area contributed by atoms with E-state index in [0.29, 0.717) is 6.54 Å². The largest absolute Gasteiger partial charge is 0.389 e. The Bertz CT molecular complexity index is 328. The van der Waals surface area contributed by atoms with E-state index in [1.54, 1.807) is 0 Å². The quantitative estimate of drug-likeness (QED) is 0.795. The van der Waals surface area contributed by atoms with E-state index in [1.165, 1.54) is 12.0 Å². The maximum Gasteiger partial charge on any atom is 0.0715 e. The summed E-state index contributed by atoms with van der Waals surface area (Å²) in [6, 6.07) is 10.7. The first-order chi connectivity index (χ1) is 7.56. The summed E-state index contributed by atoms with van der Waals surface area (Å²) >= 11 is 0. The Kier molecular flexibility index (Phi) is 3.31. The fourth-order valence-electron chi connectivity index (χ4n) is 2.15. The van der Waals surface area contributed by atoms with Gasteiger partial charge in [0, 0.05) is 6.54 Å². The van der Waals surface area contributed by atoms with E-state index in [0.717, 1.165) is 18.4 Å². The maximum atomic E-state index is 9.57. The van der Waals surface area contributed by atoms with Crippen LogP contribution in [0.5, 0.6) is 0 Å². The Labute approximate surface area is 97.7 Å². The Hall–Kier alpha value is -0.860. The van der Waals surface area contributed by atoms with Crippen molar-refractivity contribution in [1.29, 1.82) is 0 Å². The molecule has 0 amide bonds. The number of rotatable bonds is 5. The van der Waals surface area contributed by atoms with E-state index >= 15 is 0 Å². The topological polar surface area (TPSA) is 32.3 Å². The molecule has 1 aliphatic carbocycles. The zero-order valence-electron chi connectivity index (χ0n) is 10.1. The van der Waals surface area contributed by atoms with E-state index in [2.05, 4.69) is 35.6 Å². The summed E-state index contributed by atoms with van der Waals surface area (Å²) in [5, 5.41) is 12.9. The minimum Gasteiger partial charge on any atom is -0.389 e. The highest BCUT2D eigenvalue weighted by Crippen LogP contribution is 2.46. The van der Waals surface area contributed by atoms with Crippen molar-refractivity contribution in [2.75, 3.05) is 13.1 Å². The summed E-state index contributed by atoms with van der Waals surface area (Å²) in [5.41, 5.74) is 0.856. The first kappa shape index (κ1) is 11.6. The first-order valence-electron chi connectivity index (χ1n) is 6.04. The molecule has 2 rings (SSSR count). The predicted molar refractivity (Wildman–Crippen MR) is 66.5 cm³/mol. The highest BCUT2D eigenvalue weighted by molar-refractivity contribution is 5.25. The molecule has 2 atom stereocenters. The number of benzene rings is 1. The highest BCUT2D eigenvalue weighted by Gasteiger charge is 2.37. The van der Waals surface area contributed by atoms with Crippen molar-refractivity contribution in [1.82, 2.24) is 5.32 Å². The Balaban J connectivity index is 1.72. The third kappa shape index (κ3) is 3.32. The third-order valence-electron chi connectivity index (χ3n) is 3.11. The van der Waals surface area contributed by atoms with Crippen molar-refractivity contribution in [3.8, 4) is 0 Å². The van der Waals surface area contributed by atoms with Crippen LogP contribution >= 0.6 is 0 Å². The van der Waals surface area contributed by atoms with Crippen LogP contribution in [0.25, 0.3) is 0 Å². The summed E-state index contributed by atoms with van der Waals surface area (Å²) in [5.74, 6) is 1.49. The molecule has 16 heavy (non-hydrogen) atoms. The molecular formula is C14H21NO. The van der Waals surface area contributed by atoms with Gasteiger partial charge in [0.1, 0.15) is 0 Å². The molecule has 0 heterocycles. The lowest BCUT2D eigenvalue weighted by molar-refractivity contribution is 0.0796. The lowest BCUT2D eigenvalue weighted by Gasteiger charge is -2.17. The first-order valence-corrected chi connectivity index (χ1v) is 6.04. The molecule has 88 valence electrons. The fraction of sp³-hybridized carbons (Fsp3) is 0.571. The normalized spacial score (nSPS) is 24.4. The van der Waals surface area contributed by atoms with Gasteiger partial charge in [0.2, 0.25) is 0 Å². The van der Waals surface area contributed by atoms with Crippen LogP contribution < -0.4 is 5.32 Å². The van der Waals surface area contributed by atoms with Crippen LogP contribution in [0.3, 0.4) is 0 Å². The highest BCUT2D eigenvalue weighted by atomic mass is 16.3. The smallest absolute Gasteiger partial charge is 0.0715 e. The van der Waals surface area contributed by atoms with E-state index in [9.17, 15) is 5.11 Å². The van der Waals surface area contributed by atoms with Crippen LogP contribution in [-0.2, 0) is 0 Å². The molecule has 0 saturated heterocycles. The number of aliphatic hydroxyl groups is 1. The van der Waals surface area contributed by atoms with Gasteiger partial charge < -0.3 is 10.4 Å². The predicted octanol–water partition coefficient (Wildman–Crippen LogP) is 2.15. The van der Waals surface area contributed by atoms with Gasteiger partial charge in [0.25, 0.3) is 0 Å². The molecule has 0 aromatic heterocycles. The van der Waals surface area contributed by atoms with E-state index in [1.807, 2.05) is 13.8 Å². The van der Waals surface area contributed by atoms with Gasteiger partial charge >= 0.3 is 0 Å². The SMILES string of the molecule is CC(C)(O)CNCC1CC1c1ccccc1. The van der Waals surface area contributed by atoms with Crippen LogP contribution in [0, 0.1) is 5.92 Å². The van der Waals surface area contributed by atoms with Gasteiger partial charge in [0.15, 0.2) is 0 Å². The number of hydrogen-bond donors (Lipinski definition) is 2. The van der Waals surface area contributed by atoms with E-state index < -0.39 is 5.60 Å². The van der Waals surface area contributed by atoms with Crippen LogP contribution in [0.2, 0.25) is 0 Å². The summed E-state index contributed by atoms with van der Waals surface area (Å²) in [7, 11) is 0. The third-order valence-corrected chi connectivity index (χ3v) is 3.11. The van der Waals surface area contributed by atoms with Crippen molar-refractivity contribution in [3.63, 3.8) is 0 Å². The molecule has 1 aliphatic rings. The van der Waals surface area contributed by atoms with Gasteiger partial charge in [-0.1, -0.05) is 30.3 Å². The zero-order valence-corrected chi connectivity index (χ0v) is 10.1. The Morgan fingerprint density at radius 3 is 2.62 bits per heavy atom. The molecule has 2 heteroatoms. The van der Waals surface area contributed by atoms with Gasteiger partial charge in [-0.25, -0.2) is 0 Å². The molecule has 1 fully saturated rings. The fourth-order valence-corrected chi connectivity index (χ4v) is 2.15. The molecule has 1 aromatic rings. The average Bonchev–Trinajstić information content (AvgIpc) is 2.97. The van der Waals surface area contributed by atoms with Crippen LogP contribution in [-0.4, -0.2) is 23.8 Å². The maximum absolute atomic E-state index is 9.57. The van der Waals surface area contributed by atoms with Crippen LogP contribution in [0.1, 0.15) is 31.7 Å². The van der Waals surface area contributed by atoms with Crippen LogP contribution in [0.15, 0.2) is 30.3 Å². The molecule has 1 aromatic carbocycles. The summed E-state index contributed by atoms with van der Waals surface area (Å²) in [6.45, 7) is 5.36. The Morgan fingerprint density at radius 2 is 2.00 bits per heavy atom. The lowest BCUT2D eigenvalue weighted by Crippen LogP contribution is -2.35. The molecule has 2 N–H and O–H groups in total. The molecule has 0 radical (unpaired) electrons. The number of hydrogen-bond acceptors (Lipinski definition) is 2. The Morgan fingerprint density at radius 1 is 1.31 bits per heavy atom. The van der Waals surface area contributed by atoms with E-state index in [4.69, 9.17) is 0 Å². The van der Waals surface area contributed by atoms with Crippen molar-refractivity contribution < 1.29 is 5.11 Å². The van der Waals surface area contributed by atoms with E-state index in [-0.39, 0.29) is 0 Å². The monoisotopic (exact) mass is 219 g/mol. The molecule has 1 saturated carbocycles. The minimum absolute atomic E-state index is 0.600. The van der Waals surface area contributed by atoms with Crippen LogP contribution in [0.4, 0.5) is 0 Å². The summed E-state index contributed by atoms with van der Waals surface area (Å²) in [6.07, 6.45) is 1.28. The van der Waals surface area contributed by atoms with Crippen molar-refractivity contribution in [2.45, 2.75) is 31.8 Å². The molecule has 0 spiro atoms. The molecule has 0 aliphatic heterocycles. The number of nitrogens with one attached hydrogen (secondary N) is 1. The van der Waals surface area contributed by atoms with Gasteiger partial charge in [-0.3, -0.25) is 0 Å². The molecule has 0 bridgehead atoms. The summed E-state index contributed by atoms with van der Waals surface area (Å²) < 4.78 is 0. The van der Waals surface area contributed by atoms with Gasteiger partial charge in [-0.05, 0) is 44.2 Å². The summed E-state index contributed by atoms with van der Waals surface area (Å²) in [4.78, 5) is 0. The molecular weight excluding hydrogens is 198 g/mol. The molecule has 2 unspecified atom stereocenters. The standard InChI is InChI=1S/C14H21NO/c1-14(2,16)10-15-9-12-8-13(12)11-6-4-3-5-7-11/h3-7,12-13,15-16H,8-10H2,1-2H3. The zero-order chi connectivity index (χ0) is 11.6. The second kappa shape index (κ2) is 4.56. The van der Waals surface area contributed by atoms with Gasteiger partial charge in [-0.2, -0.15) is 0 Å². The second-order valence-corrected chi connectivity index (χ2v) is 5.46. The minimum atomic E-state index is -0.600. The van der Waals surface area contributed by atoms with Crippen molar-refractivity contribution >= 4 is 0 Å². The van der Waals surface area contributed by atoms with Crippen molar-refractivity contribution in [2.24, 2.45) is 5.92 Å². The van der Waals surface area contributed by atoms with Gasteiger partial charge in [-0.15, -0.1) is 0 Å². The lowest BCUT2D eigenvalue weighted by atomic mass is 10.1. The molecule has 2 nitrogen and oxygen atoms in total.